The lowest BCUT2D eigenvalue weighted by Crippen LogP contribution is -2.38. The van der Waals surface area contributed by atoms with Gasteiger partial charge in [0.15, 0.2) is 0 Å². The quantitative estimate of drug-likeness (QED) is 0.374. The number of thioether (sulfide) groups is 1. The Morgan fingerprint density at radius 2 is 1.82 bits per heavy atom. The molecule has 0 bridgehead atoms. The fourth-order valence-corrected chi connectivity index (χ4v) is 5.90. The maximum atomic E-state index is 12.8. The van der Waals surface area contributed by atoms with Crippen LogP contribution < -0.4 is 5.32 Å². The van der Waals surface area contributed by atoms with Crippen molar-refractivity contribution in [1.82, 2.24) is 19.6 Å². The topological polar surface area (TPSA) is 66.7 Å². The zero-order chi connectivity index (χ0) is 26.2. The lowest BCUT2D eigenvalue weighted by Gasteiger charge is -2.32. The summed E-state index contributed by atoms with van der Waals surface area (Å²) in [6.07, 6.45) is 0.950. The molecule has 202 valence electrons. The molecule has 6 nitrogen and oxygen atoms in total. The Bertz CT molecular complexity index is 1360. The fraction of sp³-hybridized carbons (Fsp3) is 0.370. The minimum atomic E-state index is -4.41. The number of likely N-dealkylation sites (tertiary alicyclic amines) is 1. The third-order valence-corrected chi connectivity index (χ3v) is 8.02. The monoisotopic (exact) mass is 564 g/mol. The van der Waals surface area contributed by atoms with Crippen LogP contribution in [0.2, 0.25) is 0 Å². The summed E-state index contributed by atoms with van der Waals surface area (Å²) in [5.41, 5.74) is 2.22. The normalized spacial score (nSPS) is 15.7. The van der Waals surface area contributed by atoms with Crippen LogP contribution in [-0.2, 0) is 11.0 Å². The molecular weight excluding hydrogens is 537 g/mol. The summed E-state index contributed by atoms with van der Waals surface area (Å²) in [5.74, 6) is 0.127. The number of aryl methyl sites for hydroxylation is 1. The van der Waals surface area contributed by atoms with Crippen LogP contribution in [0.15, 0.2) is 52.4 Å². The average Bonchev–Trinajstić information content (AvgIpc) is 3.22. The van der Waals surface area contributed by atoms with Crippen LogP contribution in [0, 0.1) is 12.8 Å². The Kier molecular flexibility index (Phi) is 8.42. The summed E-state index contributed by atoms with van der Waals surface area (Å²) < 4.78 is 40.3. The number of halogens is 4. The average molecular weight is 565 g/mol. The molecule has 0 spiro atoms. The van der Waals surface area contributed by atoms with Crippen LogP contribution in [0.25, 0.3) is 11.7 Å². The predicted molar refractivity (Wildman–Crippen MR) is 143 cm³/mol. The van der Waals surface area contributed by atoms with Gasteiger partial charge in [-0.15, -0.1) is 12.4 Å². The van der Waals surface area contributed by atoms with E-state index >= 15 is 0 Å². The molecule has 0 atom stereocenters. The third-order valence-electron chi connectivity index (χ3n) is 6.97. The van der Waals surface area contributed by atoms with Crippen LogP contribution in [0.3, 0.4) is 0 Å². The first-order valence-corrected chi connectivity index (χ1v) is 13.1. The van der Waals surface area contributed by atoms with Gasteiger partial charge in [-0.2, -0.15) is 13.2 Å². The molecule has 1 aromatic carbocycles. The molecular formula is C27H28ClF3N4O2S. The van der Waals surface area contributed by atoms with Gasteiger partial charge in [0, 0.05) is 25.2 Å². The minimum absolute atomic E-state index is 0. The molecule has 5 rings (SSSR count). The maximum absolute atomic E-state index is 12.8. The second-order valence-corrected chi connectivity index (χ2v) is 10.5. The predicted octanol–water partition coefficient (Wildman–Crippen LogP) is 5.98. The number of alkyl halides is 3. The van der Waals surface area contributed by atoms with Crippen molar-refractivity contribution in [3.8, 4) is 0 Å². The Balaban J connectivity index is 0.00000336. The van der Waals surface area contributed by atoms with Crippen LogP contribution in [0.4, 0.5) is 13.2 Å². The van der Waals surface area contributed by atoms with Crippen molar-refractivity contribution >= 4 is 47.7 Å². The highest BCUT2D eigenvalue weighted by Crippen LogP contribution is 2.35. The number of rotatable bonds is 6. The van der Waals surface area contributed by atoms with E-state index in [4.69, 9.17) is 0 Å². The molecule has 2 aliphatic rings. The number of nitrogens with one attached hydrogen (secondary N) is 1. The highest BCUT2D eigenvalue weighted by Gasteiger charge is 2.31. The second kappa shape index (κ2) is 11.4. The molecule has 11 heteroatoms. The molecule has 0 aliphatic carbocycles. The Morgan fingerprint density at radius 1 is 1.11 bits per heavy atom. The molecule has 38 heavy (non-hydrogen) atoms. The summed E-state index contributed by atoms with van der Waals surface area (Å²) in [6, 6.07) is 10.3. The number of aromatic nitrogens is 2. The highest BCUT2D eigenvalue weighted by atomic mass is 35.5. The first-order chi connectivity index (χ1) is 17.7. The van der Waals surface area contributed by atoms with Gasteiger partial charge in [0.25, 0.3) is 11.8 Å². The Labute approximate surface area is 229 Å². The standard InChI is InChI=1S/C27H27F3N4O2S.ClH/c1-17-21-16-22(37-24-6-2-5-23(32-17)34(21)24)25(35)31-13-3-4-18-11-14-33(15-12-18)26(36)19-7-9-20(10-8-19)27(28,29)30;/h2,5-10,16,18H,3-4,11-15H2,1H3,(H,31,35);1H. The number of piperidine rings is 1. The lowest BCUT2D eigenvalue weighted by atomic mass is 9.92. The van der Waals surface area contributed by atoms with E-state index in [1.165, 1.54) is 23.9 Å². The van der Waals surface area contributed by atoms with E-state index in [1.54, 1.807) is 4.90 Å². The summed E-state index contributed by atoms with van der Waals surface area (Å²) in [5, 5.41) is 4.00. The molecule has 1 saturated heterocycles. The fourth-order valence-electron chi connectivity index (χ4n) is 4.91. The van der Waals surface area contributed by atoms with E-state index in [2.05, 4.69) is 14.7 Å². The lowest BCUT2D eigenvalue weighted by molar-refractivity contribution is -0.137. The number of hydrogen-bond donors (Lipinski definition) is 1. The van der Waals surface area contributed by atoms with Crippen LogP contribution in [-0.4, -0.2) is 45.7 Å². The number of benzene rings is 1. The van der Waals surface area contributed by atoms with Gasteiger partial charge in [-0.3, -0.25) is 14.0 Å². The van der Waals surface area contributed by atoms with Crippen molar-refractivity contribution in [2.24, 2.45) is 5.92 Å². The number of carbonyl (C=O) groups is 2. The van der Waals surface area contributed by atoms with E-state index in [9.17, 15) is 22.8 Å². The number of carbonyl (C=O) groups excluding carboxylic acids is 2. The number of amides is 2. The first-order valence-electron chi connectivity index (χ1n) is 12.3. The molecule has 2 amide bonds. The number of nitrogens with zero attached hydrogens (tertiary/aromatic N) is 3. The molecule has 4 heterocycles. The third kappa shape index (κ3) is 5.86. The van der Waals surface area contributed by atoms with Gasteiger partial charge >= 0.3 is 6.18 Å². The molecule has 2 aliphatic heterocycles. The maximum Gasteiger partial charge on any atom is 0.416 e. The zero-order valence-corrected chi connectivity index (χ0v) is 22.4. The van der Waals surface area contributed by atoms with Crippen LogP contribution in [0.1, 0.15) is 53.0 Å². The van der Waals surface area contributed by atoms with E-state index in [1.807, 2.05) is 31.2 Å². The van der Waals surface area contributed by atoms with Gasteiger partial charge in [0.2, 0.25) is 0 Å². The van der Waals surface area contributed by atoms with Crippen molar-refractivity contribution in [3.05, 3.63) is 69.9 Å². The largest absolute Gasteiger partial charge is 0.416 e. The number of imidazole rings is 1. The summed E-state index contributed by atoms with van der Waals surface area (Å²) in [7, 11) is 0. The molecule has 1 N–H and O–H groups in total. The molecule has 0 saturated carbocycles. The minimum Gasteiger partial charge on any atom is -0.352 e. The zero-order valence-electron chi connectivity index (χ0n) is 20.8. The van der Waals surface area contributed by atoms with Crippen LogP contribution >= 0.6 is 24.2 Å². The van der Waals surface area contributed by atoms with E-state index < -0.39 is 11.7 Å². The molecule has 0 radical (unpaired) electrons. The van der Waals surface area contributed by atoms with E-state index in [-0.39, 0.29) is 29.8 Å². The van der Waals surface area contributed by atoms with Gasteiger partial charge in [0.05, 0.1) is 26.9 Å². The molecule has 2 aromatic heterocycles. The highest BCUT2D eigenvalue weighted by molar-refractivity contribution is 8.04. The van der Waals surface area contributed by atoms with Gasteiger partial charge in [0.1, 0.15) is 5.65 Å². The second-order valence-electron chi connectivity index (χ2n) is 9.46. The smallest absolute Gasteiger partial charge is 0.352 e. The van der Waals surface area contributed by atoms with E-state index in [0.29, 0.717) is 30.5 Å². The van der Waals surface area contributed by atoms with Gasteiger partial charge in [-0.1, -0.05) is 17.8 Å². The molecule has 1 fully saturated rings. The van der Waals surface area contributed by atoms with Crippen molar-refractivity contribution < 1.29 is 22.8 Å². The molecule has 3 aromatic rings. The Hall–Kier alpha value is -2.98. The first kappa shape index (κ1) is 28.0. The van der Waals surface area contributed by atoms with Gasteiger partial charge in [-0.25, -0.2) is 4.98 Å². The van der Waals surface area contributed by atoms with Crippen molar-refractivity contribution in [1.29, 1.82) is 0 Å². The SMILES string of the molecule is Cc1nc2cccc3n2c1C=C(C(=O)NCCCC1CCN(C(=O)c2ccc(C(F)(F)F)cc2)CC1)S3.Cl. The van der Waals surface area contributed by atoms with Crippen molar-refractivity contribution in [2.75, 3.05) is 19.6 Å². The summed E-state index contributed by atoms with van der Waals surface area (Å²) in [4.78, 5) is 32.4. The summed E-state index contributed by atoms with van der Waals surface area (Å²) in [6.45, 7) is 3.68. The number of hydrogen-bond acceptors (Lipinski definition) is 4. The van der Waals surface area contributed by atoms with E-state index in [0.717, 1.165) is 59.9 Å². The van der Waals surface area contributed by atoms with Gasteiger partial charge in [-0.05, 0) is 81.0 Å². The Morgan fingerprint density at radius 3 is 2.50 bits per heavy atom. The van der Waals surface area contributed by atoms with Crippen molar-refractivity contribution in [2.45, 2.75) is 43.8 Å². The number of pyridine rings is 1. The van der Waals surface area contributed by atoms with Gasteiger partial charge < -0.3 is 10.2 Å². The van der Waals surface area contributed by atoms with Crippen molar-refractivity contribution in [3.63, 3.8) is 0 Å². The molecule has 0 unspecified atom stereocenters. The summed E-state index contributed by atoms with van der Waals surface area (Å²) >= 11 is 1.44. The van der Waals surface area contributed by atoms with Crippen LogP contribution in [0.5, 0.6) is 0 Å².